The van der Waals surface area contributed by atoms with Gasteiger partial charge in [0.1, 0.15) is 48.8 Å². The van der Waals surface area contributed by atoms with E-state index in [-0.39, 0.29) is 33.0 Å². The summed E-state index contributed by atoms with van der Waals surface area (Å²) in [5.41, 5.74) is 5.04. The van der Waals surface area contributed by atoms with E-state index in [4.69, 9.17) is 52.1 Å². The molecule has 11 nitrogen and oxygen atoms in total. The summed E-state index contributed by atoms with van der Waals surface area (Å²) >= 11 is 0. The van der Waals surface area contributed by atoms with Gasteiger partial charge in [-0.2, -0.15) is 0 Å². The van der Waals surface area contributed by atoms with Gasteiger partial charge in [-0.05, 0) is 41.7 Å². The maximum absolute atomic E-state index is 7.29. The van der Waals surface area contributed by atoms with E-state index in [0.717, 1.165) is 27.8 Å². The van der Waals surface area contributed by atoms with Gasteiger partial charge in [-0.3, -0.25) is 0 Å². The standard InChI is InChI=1S/C51H58O11/c1-51(2)61-44-42(35-54-30-37-21-11-5-12-22-37)59-50(48(46(44)62-51)57-33-40-27-17-8-18-28-40)60-43-41(34-53-29-36-19-9-4-10-20-36)58-49(52-3)47(56-32-39-25-15-7-16-26-39)45(43)55-31-38-23-13-6-14-24-38/h4-28,41-50H,29-35H2,1-3H3/t41-,42-,43-,44+,45+,46+,47-,48-,49-,50+/m1/s1. The number of hydrogen-bond acceptors (Lipinski definition) is 11. The SMILES string of the molecule is CO[C@@H]1O[C@H](COCc2ccccc2)[C@@H](O[C@@H]2O[C@H](COCc3ccccc3)[C@@H]3OC(C)(C)O[C@@H]3[C@H]2OCc2ccccc2)[C@H](OCc2ccccc2)[C@H]1OCc1ccccc1. The van der Waals surface area contributed by atoms with Crippen molar-refractivity contribution in [2.45, 2.75) is 114 Å². The van der Waals surface area contributed by atoms with Crippen molar-refractivity contribution in [2.24, 2.45) is 0 Å². The van der Waals surface area contributed by atoms with Gasteiger partial charge >= 0.3 is 0 Å². The monoisotopic (exact) mass is 846 g/mol. The first-order valence-electron chi connectivity index (χ1n) is 21.5. The Labute approximate surface area is 365 Å². The molecule has 5 aromatic rings. The average Bonchev–Trinajstić information content (AvgIpc) is 3.64. The van der Waals surface area contributed by atoms with Crippen LogP contribution in [0.2, 0.25) is 0 Å². The summed E-state index contributed by atoms with van der Waals surface area (Å²) in [6.07, 6.45) is -7.19. The van der Waals surface area contributed by atoms with Gasteiger partial charge in [-0.15, -0.1) is 0 Å². The van der Waals surface area contributed by atoms with Gasteiger partial charge in [-0.1, -0.05) is 152 Å². The van der Waals surface area contributed by atoms with Crippen molar-refractivity contribution in [3.05, 3.63) is 179 Å². The van der Waals surface area contributed by atoms with Crippen LogP contribution in [0.5, 0.6) is 0 Å². The highest BCUT2D eigenvalue weighted by Gasteiger charge is 2.58. The highest BCUT2D eigenvalue weighted by Crippen LogP contribution is 2.41. The fraction of sp³-hybridized carbons (Fsp3) is 0.412. The van der Waals surface area contributed by atoms with Crippen LogP contribution in [0.25, 0.3) is 0 Å². The third kappa shape index (κ3) is 11.8. The highest BCUT2D eigenvalue weighted by molar-refractivity contribution is 5.17. The first kappa shape index (κ1) is 44.3. The van der Waals surface area contributed by atoms with Crippen LogP contribution >= 0.6 is 0 Å². The number of fused-ring (bicyclic) bond motifs is 1. The lowest BCUT2D eigenvalue weighted by atomic mass is 9.96. The molecule has 0 radical (unpaired) electrons. The molecule has 0 bridgehead atoms. The Hall–Kier alpha value is -4.34. The lowest BCUT2D eigenvalue weighted by Crippen LogP contribution is -2.65. The van der Waals surface area contributed by atoms with Crippen LogP contribution in [0.4, 0.5) is 0 Å². The van der Waals surface area contributed by atoms with Crippen molar-refractivity contribution < 1.29 is 52.1 Å². The first-order valence-corrected chi connectivity index (χ1v) is 21.5. The van der Waals surface area contributed by atoms with Crippen LogP contribution in [0.1, 0.15) is 41.7 Å². The fourth-order valence-corrected chi connectivity index (χ4v) is 8.18. The summed E-state index contributed by atoms with van der Waals surface area (Å²) in [6.45, 7) is 5.78. The van der Waals surface area contributed by atoms with Gasteiger partial charge < -0.3 is 52.1 Å². The third-order valence-electron chi connectivity index (χ3n) is 11.2. The molecule has 0 aromatic heterocycles. The molecule has 0 aliphatic carbocycles. The van der Waals surface area contributed by atoms with E-state index in [2.05, 4.69) is 0 Å². The predicted molar refractivity (Wildman–Crippen MR) is 230 cm³/mol. The summed E-state index contributed by atoms with van der Waals surface area (Å²) in [5.74, 6) is -0.926. The number of ether oxygens (including phenoxy) is 11. The molecule has 0 spiro atoms. The van der Waals surface area contributed by atoms with Crippen molar-refractivity contribution >= 4 is 0 Å². The van der Waals surface area contributed by atoms with Crippen LogP contribution in [0, 0.1) is 0 Å². The molecule has 0 N–H and O–H groups in total. The highest BCUT2D eigenvalue weighted by atomic mass is 16.8. The molecule has 0 amide bonds. The molecule has 3 fully saturated rings. The summed E-state index contributed by atoms with van der Waals surface area (Å²) in [5, 5.41) is 0. The van der Waals surface area contributed by atoms with Crippen molar-refractivity contribution in [1.29, 1.82) is 0 Å². The fourth-order valence-electron chi connectivity index (χ4n) is 8.18. The maximum Gasteiger partial charge on any atom is 0.187 e. The zero-order chi connectivity index (χ0) is 42.6. The van der Waals surface area contributed by atoms with Crippen LogP contribution in [-0.2, 0) is 85.1 Å². The number of rotatable bonds is 20. The van der Waals surface area contributed by atoms with Crippen molar-refractivity contribution in [1.82, 2.24) is 0 Å². The van der Waals surface area contributed by atoms with E-state index in [9.17, 15) is 0 Å². The predicted octanol–water partition coefficient (Wildman–Crippen LogP) is 8.18. The van der Waals surface area contributed by atoms with Gasteiger partial charge in [0.15, 0.2) is 18.4 Å². The topological polar surface area (TPSA) is 102 Å². The molecule has 11 heteroatoms. The number of benzene rings is 5. The maximum atomic E-state index is 7.29. The Bertz CT molecular complexity index is 2020. The summed E-state index contributed by atoms with van der Waals surface area (Å²) in [6, 6.07) is 50.1. The second kappa shape index (κ2) is 21.8. The van der Waals surface area contributed by atoms with Crippen molar-refractivity contribution in [3.8, 4) is 0 Å². The minimum absolute atomic E-state index is 0.153. The first-order chi connectivity index (χ1) is 30.4. The van der Waals surface area contributed by atoms with Crippen LogP contribution in [-0.4, -0.2) is 87.5 Å². The van der Waals surface area contributed by atoms with E-state index < -0.39 is 67.2 Å². The van der Waals surface area contributed by atoms with Gasteiger partial charge in [0.05, 0.1) is 46.2 Å². The molecule has 8 rings (SSSR count). The molecule has 62 heavy (non-hydrogen) atoms. The molecule has 3 aliphatic rings. The van der Waals surface area contributed by atoms with Gasteiger partial charge in [0.25, 0.3) is 0 Å². The second-order valence-corrected chi connectivity index (χ2v) is 16.3. The quantitative estimate of drug-likeness (QED) is 0.0759. The molecule has 3 aliphatic heterocycles. The van der Waals surface area contributed by atoms with E-state index >= 15 is 0 Å². The second-order valence-electron chi connectivity index (χ2n) is 16.3. The normalized spacial score (nSPS) is 28.0. The Morgan fingerprint density at radius 1 is 0.419 bits per heavy atom. The summed E-state index contributed by atoms with van der Waals surface area (Å²) in [7, 11) is 1.61. The molecular formula is C51H58O11. The van der Waals surface area contributed by atoms with Crippen LogP contribution in [0.3, 0.4) is 0 Å². The minimum atomic E-state index is -0.996. The zero-order valence-electron chi connectivity index (χ0n) is 35.6. The third-order valence-corrected chi connectivity index (χ3v) is 11.2. The lowest BCUT2D eigenvalue weighted by Gasteiger charge is -2.48. The molecule has 5 aromatic carbocycles. The molecule has 3 saturated heterocycles. The Balaban J connectivity index is 1.13. The van der Waals surface area contributed by atoms with Crippen molar-refractivity contribution in [2.75, 3.05) is 20.3 Å². The van der Waals surface area contributed by atoms with E-state index in [1.807, 2.05) is 166 Å². The Morgan fingerprint density at radius 3 is 1.27 bits per heavy atom. The molecule has 10 atom stereocenters. The van der Waals surface area contributed by atoms with Gasteiger partial charge in [-0.25, -0.2) is 0 Å². The number of hydrogen-bond donors (Lipinski definition) is 0. The smallest absolute Gasteiger partial charge is 0.187 e. The zero-order valence-corrected chi connectivity index (χ0v) is 35.6. The number of methoxy groups -OCH3 is 1. The molecule has 328 valence electrons. The molecule has 3 heterocycles. The summed E-state index contributed by atoms with van der Waals surface area (Å²) < 4.78 is 73.5. The Kier molecular flexibility index (Phi) is 15.6. The molecular weight excluding hydrogens is 789 g/mol. The van der Waals surface area contributed by atoms with Crippen molar-refractivity contribution in [3.63, 3.8) is 0 Å². The molecule has 0 unspecified atom stereocenters. The minimum Gasteiger partial charge on any atom is -0.374 e. The van der Waals surface area contributed by atoms with Gasteiger partial charge in [0, 0.05) is 7.11 Å². The van der Waals surface area contributed by atoms with E-state index in [1.165, 1.54) is 0 Å². The van der Waals surface area contributed by atoms with Crippen LogP contribution < -0.4 is 0 Å². The lowest BCUT2D eigenvalue weighted by molar-refractivity contribution is -0.365. The summed E-state index contributed by atoms with van der Waals surface area (Å²) in [4.78, 5) is 0. The van der Waals surface area contributed by atoms with E-state index in [1.54, 1.807) is 7.11 Å². The largest absolute Gasteiger partial charge is 0.374 e. The van der Waals surface area contributed by atoms with Crippen LogP contribution in [0.15, 0.2) is 152 Å². The Morgan fingerprint density at radius 2 is 0.806 bits per heavy atom. The van der Waals surface area contributed by atoms with E-state index in [0.29, 0.717) is 13.2 Å². The van der Waals surface area contributed by atoms with Gasteiger partial charge in [0.2, 0.25) is 0 Å². The average molecular weight is 847 g/mol. The molecule has 0 saturated carbocycles.